The number of hydrogen-bond donors (Lipinski definition) is 0. The third-order valence-corrected chi connectivity index (χ3v) is 4.15. The Kier molecular flexibility index (Phi) is 6.17. The Hall–Kier alpha value is -2.92. The van der Waals surface area contributed by atoms with Gasteiger partial charge in [0.15, 0.2) is 0 Å². The predicted molar refractivity (Wildman–Crippen MR) is 101 cm³/mol. The van der Waals surface area contributed by atoms with Crippen LogP contribution in [0.5, 0.6) is 0 Å². The fraction of sp³-hybridized carbons (Fsp3) is 0.238. The summed E-state index contributed by atoms with van der Waals surface area (Å²) in [6, 6.07) is 19.9. The van der Waals surface area contributed by atoms with Crippen molar-refractivity contribution in [3.8, 4) is 5.69 Å². The van der Waals surface area contributed by atoms with Crippen molar-refractivity contribution in [1.82, 2.24) is 14.7 Å². The van der Waals surface area contributed by atoms with E-state index in [9.17, 15) is 4.79 Å². The van der Waals surface area contributed by atoms with E-state index in [-0.39, 0.29) is 5.91 Å². The highest BCUT2D eigenvalue weighted by atomic mass is 16.5. The Labute approximate surface area is 153 Å². The molecule has 0 aliphatic carbocycles. The second kappa shape index (κ2) is 8.97. The standard InChI is InChI=1S/C21H23N3O2/c1-26-13-12-23(16-18-8-4-2-5-9-18)21(25)14-19-15-22-24(17-19)20-10-6-3-7-11-20/h2-11,15,17H,12-14,16H2,1H3. The number of benzene rings is 2. The van der Waals surface area contributed by atoms with Crippen LogP contribution in [0.2, 0.25) is 0 Å². The smallest absolute Gasteiger partial charge is 0.227 e. The molecule has 0 aliphatic heterocycles. The molecule has 0 bridgehead atoms. The molecule has 1 amide bonds. The highest BCUT2D eigenvalue weighted by molar-refractivity contribution is 5.78. The summed E-state index contributed by atoms with van der Waals surface area (Å²) in [6.45, 7) is 1.66. The number of methoxy groups -OCH3 is 1. The summed E-state index contributed by atoms with van der Waals surface area (Å²) in [5, 5.41) is 4.37. The monoisotopic (exact) mass is 349 g/mol. The number of amides is 1. The van der Waals surface area contributed by atoms with Crippen LogP contribution in [0.4, 0.5) is 0 Å². The zero-order valence-corrected chi connectivity index (χ0v) is 14.9. The van der Waals surface area contributed by atoms with Crippen LogP contribution in [0.3, 0.4) is 0 Å². The lowest BCUT2D eigenvalue weighted by Crippen LogP contribution is -2.34. The van der Waals surface area contributed by atoms with Crippen molar-refractivity contribution in [2.24, 2.45) is 0 Å². The third-order valence-electron chi connectivity index (χ3n) is 4.15. The van der Waals surface area contributed by atoms with Crippen molar-refractivity contribution in [3.63, 3.8) is 0 Å². The minimum absolute atomic E-state index is 0.0681. The summed E-state index contributed by atoms with van der Waals surface area (Å²) in [6.07, 6.45) is 3.98. The largest absolute Gasteiger partial charge is 0.383 e. The van der Waals surface area contributed by atoms with Gasteiger partial charge in [-0.3, -0.25) is 4.79 Å². The van der Waals surface area contributed by atoms with Gasteiger partial charge in [0.25, 0.3) is 0 Å². The molecule has 0 radical (unpaired) electrons. The molecule has 0 aliphatic rings. The number of nitrogens with zero attached hydrogens (tertiary/aromatic N) is 3. The first-order valence-electron chi connectivity index (χ1n) is 8.66. The molecule has 5 nitrogen and oxygen atoms in total. The molecule has 2 aromatic carbocycles. The number of rotatable bonds is 8. The van der Waals surface area contributed by atoms with Gasteiger partial charge in [-0.05, 0) is 23.3 Å². The zero-order valence-electron chi connectivity index (χ0n) is 14.9. The summed E-state index contributed by atoms with van der Waals surface area (Å²) in [7, 11) is 1.65. The summed E-state index contributed by atoms with van der Waals surface area (Å²) in [5.74, 6) is 0.0681. The molecule has 3 aromatic rings. The minimum Gasteiger partial charge on any atom is -0.383 e. The Balaban J connectivity index is 1.68. The predicted octanol–water partition coefficient (Wildman–Crippen LogP) is 3.09. The quantitative estimate of drug-likeness (QED) is 0.628. The molecule has 0 saturated carbocycles. The lowest BCUT2D eigenvalue weighted by atomic mass is 10.2. The summed E-state index contributed by atoms with van der Waals surface area (Å²) in [5.41, 5.74) is 2.98. The summed E-state index contributed by atoms with van der Waals surface area (Å²) in [4.78, 5) is 14.6. The Morgan fingerprint density at radius 1 is 1.04 bits per heavy atom. The van der Waals surface area contributed by atoms with Crippen molar-refractivity contribution in [3.05, 3.63) is 84.2 Å². The van der Waals surface area contributed by atoms with Crippen molar-refractivity contribution in [1.29, 1.82) is 0 Å². The van der Waals surface area contributed by atoms with Crippen LogP contribution in [0.1, 0.15) is 11.1 Å². The minimum atomic E-state index is 0.0681. The maximum Gasteiger partial charge on any atom is 0.227 e. The van der Waals surface area contributed by atoms with Gasteiger partial charge in [0.05, 0.1) is 24.9 Å². The number of carbonyl (C=O) groups excluding carboxylic acids is 1. The Bertz CT molecular complexity index is 816. The van der Waals surface area contributed by atoms with Crippen molar-refractivity contribution < 1.29 is 9.53 Å². The second-order valence-corrected chi connectivity index (χ2v) is 6.10. The van der Waals surface area contributed by atoms with E-state index >= 15 is 0 Å². The fourth-order valence-electron chi connectivity index (χ4n) is 2.76. The van der Waals surface area contributed by atoms with Gasteiger partial charge in [-0.2, -0.15) is 5.10 Å². The van der Waals surface area contributed by atoms with Crippen molar-refractivity contribution in [2.45, 2.75) is 13.0 Å². The highest BCUT2D eigenvalue weighted by Gasteiger charge is 2.15. The van der Waals surface area contributed by atoms with Gasteiger partial charge in [-0.1, -0.05) is 48.5 Å². The molecule has 3 rings (SSSR count). The van der Waals surface area contributed by atoms with Crippen molar-refractivity contribution in [2.75, 3.05) is 20.3 Å². The number of carbonyl (C=O) groups is 1. The molecule has 1 aromatic heterocycles. The highest BCUT2D eigenvalue weighted by Crippen LogP contribution is 2.11. The second-order valence-electron chi connectivity index (χ2n) is 6.10. The van der Waals surface area contributed by atoms with E-state index in [1.807, 2.05) is 71.8 Å². The number of para-hydroxylation sites is 1. The van der Waals surface area contributed by atoms with Crippen LogP contribution in [0, 0.1) is 0 Å². The molecule has 0 unspecified atom stereocenters. The fourth-order valence-corrected chi connectivity index (χ4v) is 2.76. The van der Waals surface area contributed by atoms with Crippen LogP contribution in [0.25, 0.3) is 5.69 Å². The molecule has 0 atom stereocenters. The molecule has 0 N–H and O–H groups in total. The van der Waals surface area contributed by atoms with Crippen molar-refractivity contribution >= 4 is 5.91 Å². The van der Waals surface area contributed by atoms with Gasteiger partial charge < -0.3 is 9.64 Å². The maximum atomic E-state index is 12.8. The molecular formula is C21H23N3O2. The van der Waals surface area contributed by atoms with E-state index in [0.717, 1.165) is 16.8 Å². The lowest BCUT2D eigenvalue weighted by Gasteiger charge is -2.22. The van der Waals surface area contributed by atoms with Crippen LogP contribution in [-0.4, -0.2) is 40.8 Å². The van der Waals surface area contributed by atoms with Gasteiger partial charge >= 0.3 is 0 Å². The van der Waals surface area contributed by atoms with Gasteiger partial charge in [-0.25, -0.2) is 4.68 Å². The lowest BCUT2D eigenvalue weighted by molar-refractivity contribution is -0.131. The topological polar surface area (TPSA) is 47.4 Å². The number of hydrogen-bond acceptors (Lipinski definition) is 3. The average Bonchev–Trinajstić information content (AvgIpc) is 3.15. The molecule has 134 valence electrons. The van der Waals surface area contributed by atoms with Gasteiger partial charge in [0.1, 0.15) is 0 Å². The first-order valence-corrected chi connectivity index (χ1v) is 8.66. The Morgan fingerprint density at radius 2 is 1.73 bits per heavy atom. The van der Waals surface area contributed by atoms with E-state index < -0.39 is 0 Å². The number of ether oxygens (including phenoxy) is 1. The van der Waals surface area contributed by atoms with E-state index in [1.165, 1.54) is 0 Å². The summed E-state index contributed by atoms with van der Waals surface area (Å²) >= 11 is 0. The first-order chi connectivity index (χ1) is 12.8. The molecule has 1 heterocycles. The van der Waals surface area contributed by atoms with Crippen LogP contribution in [-0.2, 0) is 22.5 Å². The van der Waals surface area contributed by atoms with Crippen LogP contribution >= 0.6 is 0 Å². The molecule has 0 saturated heterocycles. The molecule has 0 fully saturated rings. The molecular weight excluding hydrogens is 326 g/mol. The van der Waals surface area contributed by atoms with Crippen LogP contribution in [0.15, 0.2) is 73.1 Å². The maximum absolute atomic E-state index is 12.8. The third kappa shape index (κ3) is 4.80. The first kappa shape index (κ1) is 17.9. The van der Waals surface area contributed by atoms with Gasteiger partial charge in [-0.15, -0.1) is 0 Å². The number of aromatic nitrogens is 2. The van der Waals surface area contributed by atoms with Gasteiger partial charge in [0.2, 0.25) is 5.91 Å². The van der Waals surface area contributed by atoms with E-state index in [4.69, 9.17) is 4.74 Å². The average molecular weight is 349 g/mol. The van der Waals surface area contributed by atoms with E-state index in [2.05, 4.69) is 5.10 Å². The summed E-state index contributed by atoms with van der Waals surface area (Å²) < 4.78 is 6.95. The molecule has 0 spiro atoms. The van der Waals surface area contributed by atoms with E-state index in [1.54, 1.807) is 18.0 Å². The Morgan fingerprint density at radius 3 is 2.42 bits per heavy atom. The SMILES string of the molecule is COCCN(Cc1ccccc1)C(=O)Cc1cnn(-c2ccccc2)c1. The van der Waals surface area contributed by atoms with Crippen LogP contribution < -0.4 is 0 Å². The van der Waals surface area contributed by atoms with E-state index in [0.29, 0.717) is 26.1 Å². The normalized spacial score (nSPS) is 10.7. The molecule has 5 heteroatoms. The zero-order chi connectivity index (χ0) is 18.2. The molecule has 26 heavy (non-hydrogen) atoms. The van der Waals surface area contributed by atoms with Gasteiger partial charge in [0, 0.05) is 26.4 Å².